The molecule has 2 aliphatic rings. The van der Waals surface area contributed by atoms with E-state index in [1.807, 2.05) is 24.0 Å². The van der Waals surface area contributed by atoms with E-state index in [1.54, 1.807) is 12.1 Å². The number of aromatic nitrogens is 2. The molecule has 160 valence electrons. The van der Waals surface area contributed by atoms with Crippen molar-refractivity contribution in [3.8, 4) is 0 Å². The Labute approximate surface area is 182 Å². The summed E-state index contributed by atoms with van der Waals surface area (Å²) in [6.07, 6.45) is 0. The van der Waals surface area contributed by atoms with Gasteiger partial charge in [-0.2, -0.15) is 0 Å². The summed E-state index contributed by atoms with van der Waals surface area (Å²) in [4.78, 5) is 30.6. The number of carbonyl (C=O) groups is 1. The van der Waals surface area contributed by atoms with E-state index in [2.05, 4.69) is 43.1 Å². The summed E-state index contributed by atoms with van der Waals surface area (Å²) in [5, 5.41) is 3.44. The van der Waals surface area contributed by atoms with Gasteiger partial charge in [0.2, 0.25) is 0 Å². The number of halogens is 1. The Balaban J connectivity index is 1.38. The number of anilines is 3. The number of urea groups is 1. The lowest BCUT2D eigenvalue weighted by Crippen LogP contribution is -2.50. The lowest BCUT2D eigenvalue weighted by Gasteiger charge is -2.36. The van der Waals surface area contributed by atoms with Crippen LogP contribution in [0.2, 0.25) is 5.02 Å². The molecule has 2 amide bonds. The van der Waals surface area contributed by atoms with Gasteiger partial charge in [0.05, 0.1) is 10.7 Å². The van der Waals surface area contributed by atoms with Gasteiger partial charge in [-0.1, -0.05) is 23.7 Å². The Bertz CT molecular complexity index is 893. The number of nitrogens with one attached hydrogen (secondary N) is 1. The van der Waals surface area contributed by atoms with Crippen LogP contribution in [-0.4, -0.2) is 85.2 Å². The fraction of sp³-hybridized carbons (Fsp3) is 0.476. The first kappa shape index (κ1) is 20.7. The van der Waals surface area contributed by atoms with Crippen molar-refractivity contribution in [2.24, 2.45) is 0 Å². The molecule has 30 heavy (non-hydrogen) atoms. The fourth-order valence-corrected chi connectivity index (χ4v) is 3.97. The summed E-state index contributed by atoms with van der Waals surface area (Å²) in [6.45, 7) is 8.69. The maximum atomic E-state index is 12.6. The molecule has 0 radical (unpaired) electrons. The molecular formula is C21H28ClN7O. The maximum absolute atomic E-state index is 12.6. The third-order valence-electron chi connectivity index (χ3n) is 5.64. The number of likely N-dealkylation sites (N-methyl/N-ethyl adjacent to an activating group) is 1. The van der Waals surface area contributed by atoms with Gasteiger partial charge in [0, 0.05) is 58.4 Å². The van der Waals surface area contributed by atoms with Crippen molar-refractivity contribution >= 4 is 35.0 Å². The summed E-state index contributed by atoms with van der Waals surface area (Å²) in [5.41, 5.74) is 0.634. The van der Waals surface area contributed by atoms with Gasteiger partial charge >= 0.3 is 6.03 Å². The van der Waals surface area contributed by atoms with Crippen molar-refractivity contribution in [1.29, 1.82) is 0 Å². The van der Waals surface area contributed by atoms with Crippen molar-refractivity contribution in [3.05, 3.63) is 41.2 Å². The predicted octanol–water partition coefficient (Wildman–Crippen LogP) is 2.54. The smallest absolute Gasteiger partial charge is 0.322 e. The first-order valence-corrected chi connectivity index (χ1v) is 10.7. The van der Waals surface area contributed by atoms with E-state index in [0.29, 0.717) is 23.8 Å². The molecule has 2 saturated heterocycles. The van der Waals surface area contributed by atoms with Crippen LogP contribution in [0.4, 0.5) is 22.1 Å². The highest BCUT2D eigenvalue weighted by Crippen LogP contribution is 2.23. The number of rotatable bonds is 3. The first-order valence-electron chi connectivity index (χ1n) is 10.3. The Hall–Kier alpha value is -2.58. The molecule has 1 aromatic heterocycles. The number of aryl methyl sites for hydroxylation is 1. The standard InChI is InChI=1S/C21H28ClN7O/c1-16-23-19(27-9-7-26(2)8-10-27)15-20(24-16)28-11-13-29(14-12-28)21(30)25-18-6-4-3-5-17(18)22/h3-6,15H,7-14H2,1-2H3,(H,25,30). The molecule has 3 heterocycles. The Morgan fingerprint density at radius 2 is 1.50 bits per heavy atom. The number of amides is 2. The van der Waals surface area contributed by atoms with Crippen LogP contribution >= 0.6 is 11.6 Å². The van der Waals surface area contributed by atoms with E-state index in [-0.39, 0.29) is 6.03 Å². The molecule has 0 saturated carbocycles. The van der Waals surface area contributed by atoms with Gasteiger partial charge in [-0.25, -0.2) is 14.8 Å². The van der Waals surface area contributed by atoms with E-state index >= 15 is 0 Å². The second-order valence-electron chi connectivity index (χ2n) is 7.81. The third kappa shape index (κ3) is 4.76. The molecule has 2 aliphatic heterocycles. The molecule has 2 fully saturated rings. The monoisotopic (exact) mass is 429 g/mol. The number of hydrogen-bond acceptors (Lipinski definition) is 6. The minimum absolute atomic E-state index is 0.125. The zero-order valence-corrected chi connectivity index (χ0v) is 18.3. The molecule has 2 aromatic rings. The van der Waals surface area contributed by atoms with E-state index < -0.39 is 0 Å². The van der Waals surface area contributed by atoms with Crippen LogP contribution in [0.3, 0.4) is 0 Å². The van der Waals surface area contributed by atoms with Gasteiger partial charge < -0.3 is 24.9 Å². The molecule has 1 aromatic carbocycles. The van der Waals surface area contributed by atoms with Crippen molar-refractivity contribution in [3.63, 3.8) is 0 Å². The Morgan fingerprint density at radius 3 is 2.10 bits per heavy atom. The summed E-state index contributed by atoms with van der Waals surface area (Å²) in [5.74, 6) is 2.70. The predicted molar refractivity (Wildman–Crippen MR) is 121 cm³/mol. The number of hydrogen-bond donors (Lipinski definition) is 1. The Morgan fingerprint density at radius 1 is 0.933 bits per heavy atom. The van der Waals surface area contributed by atoms with Gasteiger partial charge in [0.15, 0.2) is 0 Å². The fourth-order valence-electron chi connectivity index (χ4n) is 3.79. The zero-order chi connectivity index (χ0) is 21.1. The minimum atomic E-state index is -0.125. The Kier molecular flexibility index (Phi) is 6.24. The molecule has 0 spiro atoms. The summed E-state index contributed by atoms with van der Waals surface area (Å²) in [7, 11) is 2.15. The summed E-state index contributed by atoms with van der Waals surface area (Å²) in [6, 6.07) is 9.23. The van der Waals surface area contributed by atoms with Crippen LogP contribution in [0.1, 0.15) is 5.82 Å². The van der Waals surface area contributed by atoms with Crippen molar-refractivity contribution in [2.45, 2.75) is 6.92 Å². The topological polar surface area (TPSA) is 67.8 Å². The molecule has 0 aliphatic carbocycles. The molecular weight excluding hydrogens is 402 g/mol. The highest BCUT2D eigenvalue weighted by Gasteiger charge is 2.24. The lowest BCUT2D eigenvalue weighted by atomic mass is 10.3. The van der Waals surface area contributed by atoms with Crippen molar-refractivity contribution in [2.75, 3.05) is 74.5 Å². The van der Waals surface area contributed by atoms with Crippen LogP contribution in [0, 0.1) is 6.92 Å². The van der Waals surface area contributed by atoms with E-state index in [0.717, 1.165) is 56.7 Å². The number of para-hydroxylation sites is 1. The lowest BCUT2D eigenvalue weighted by molar-refractivity contribution is 0.208. The van der Waals surface area contributed by atoms with Crippen LogP contribution in [-0.2, 0) is 0 Å². The highest BCUT2D eigenvalue weighted by molar-refractivity contribution is 6.33. The van der Waals surface area contributed by atoms with E-state index in [9.17, 15) is 4.79 Å². The van der Waals surface area contributed by atoms with E-state index in [4.69, 9.17) is 11.6 Å². The van der Waals surface area contributed by atoms with Crippen LogP contribution < -0.4 is 15.1 Å². The number of benzene rings is 1. The normalized spacial score (nSPS) is 17.9. The SMILES string of the molecule is Cc1nc(N2CCN(C)CC2)cc(N2CCN(C(=O)Nc3ccccc3Cl)CC2)n1. The van der Waals surface area contributed by atoms with Gasteiger partial charge in [-0.3, -0.25) is 0 Å². The average molecular weight is 430 g/mol. The van der Waals surface area contributed by atoms with E-state index in [1.165, 1.54) is 0 Å². The highest BCUT2D eigenvalue weighted by atomic mass is 35.5. The van der Waals surface area contributed by atoms with Crippen molar-refractivity contribution < 1.29 is 4.79 Å². The van der Waals surface area contributed by atoms with Gasteiger partial charge in [0.25, 0.3) is 0 Å². The molecule has 9 heteroatoms. The second kappa shape index (κ2) is 9.06. The third-order valence-corrected chi connectivity index (χ3v) is 5.97. The minimum Gasteiger partial charge on any atom is -0.354 e. The van der Waals surface area contributed by atoms with Gasteiger partial charge in [-0.15, -0.1) is 0 Å². The zero-order valence-electron chi connectivity index (χ0n) is 17.5. The molecule has 4 rings (SSSR count). The molecule has 0 unspecified atom stereocenters. The molecule has 0 bridgehead atoms. The largest absolute Gasteiger partial charge is 0.354 e. The quantitative estimate of drug-likeness (QED) is 0.808. The molecule has 8 nitrogen and oxygen atoms in total. The van der Waals surface area contributed by atoms with Crippen LogP contribution in [0.5, 0.6) is 0 Å². The second-order valence-corrected chi connectivity index (χ2v) is 8.21. The molecule has 1 N–H and O–H groups in total. The first-order chi connectivity index (χ1) is 14.5. The summed E-state index contributed by atoms with van der Waals surface area (Å²) < 4.78 is 0. The maximum Gasteiger partial charge on any atom is 0.322 e. The van der Waals surface area contributed by atoms with Crippen LogP contribution in [0.25, 0.3) is 0 Å². The van der Waals surface area contributed by atoms with Crippen molar-refractivity contribution in [1.82, 2.24) is 19.8 Å². The van der Waals surface area contributed by atoms with Gasteiger partial charge in [-0.05, 0) is 26.1 Å². The summed E-state index contributed by atoms with van der Waals surface area (Å²) >= 11 is 6.15. The molecule has 0 atom stereocenters. The number of piperazine rings is 2. The van der Waals surface area contributed by atoms with Crippen LogP contribution in [0.15, 0.2) is 30.3 Å². The number of carbonyl (C=O) groups excluding carboxylic acids is 1. The number of nitrogens with zero attached hydrogens (tertiary/aromatic N) is 6. The van der Waals surface area contributed by atoms with Gasteiger partial charge in [0.1, 0.15) is 17.5 Å². The average Bonchev–Trinajstić information content (AvgIpc) is 2.75.